The van der Waals surface area contributed by atoms with Crippen molar-refractivity contribution < 1.29 is 19.4 Å². The third kappa shape index (κ3) is 4.09. The molecule has 0 atom stereocenters. The Labute approximate surface area is 128 Å². The Hall–Kier alpha value is -2.82. The first-order valence-electron chi connectivity index (χ1n) is 6.84. The number of ether oxygens (including phenoxy) is 1. The molecule has 0 saturated heterocycles. The van der Waals surface area contributed by atoms with Gasteiger partial charge in [-0.1, -0.05) is 36.4 Å². The minimum absolute atomic E-state index is 0.0363. The molecule has 0 spiro atoms. The summed E-state index contributed by atoms with van der Waals surface area (Å²) in [4.78, 5) is 22.8. The van der Waals surface area contributed by atoms with Gasteiger partial charge >= 0.3 is 5.97 Å². The fraction of sp³-hybridized carbons (Fsp3) is 0.176. The van der Waals surface area contributed by atoms with E-state index in [0.717, 1.165) is 11.1 Å². The molecule has 0 fully saturated rings. The fourth-order valence-corrected chi connectivity index (χ4v) is 1.97. The van der Waals surface area contributed by atoms with Gasteiger partial charge in [-0.05, 0) is 30.2 Å². The number of aryl methyl sites for hydroxylation is 1. The quantitative estimate of drug-likeness (QED) is 0.858. The van der Waals surface area contributed by atoms with E-state index in [4.69, 9.17) is 9.84 Å². The van der Waals surface area contributed by atoms with Crippen LogP contribution in [-0.2, 0) is 11.3 Å². The van der Waals surface area contributed by atoms with Gasteiger partial charge in [-0.3, -0.25) is 4.79 Å². The van der Waals surface area contributed by atoms with Gasteiger partial charge < -0.3 is 15.2 Å². The Morgan fingerprint density at radius 3 is 2.50 bits per heavy atom. The van der Waals surface area contributed by atoms with E-state index in [0.29, 0.717) is 6.54 Å². The molecule has 2 N–H and O–H groups in total. The van der Waals surface area contributed by atoms with Crippen molar-refractivity contribution in [1.82, 2.24) is 5.32 Å². The zero-order valence-corrected chi connectivity index (χ0v) is 12.2. The van der Waals surface area contributed by atoms with Crippen molar-refractivity contribution in [2.45, 2.75) is 13.5 Å². The Balaban J connectivity index is 1.89. The highest BCUT2D eigenvalue weighted by atomic mass is 16.5. The van der Waals surface area contributed by atoms with Crippen LogP contribution in [0, 0.1) is 6.92 Å². The zero-order valence-electron chi connectivity index (χ0n) is 12.2. The van der Waals surface area contributed by atoms with Gasteiger partial charge in [0.25, 0.3) is 5.91 Å². The second kappa shape index (κ2) is 7.26. The number of hydrogen-bond acceptors (Lipinski definition) is 3. The van der Waals surface area contributed by atoms with Crippen LogP contribution >= 0.6 is 0 Å². The molecular formula is C17H17NO4. The van der Waals surface area contributed by atoms with Gasteiger partial charge in [-0.2, -0.15) is 0 Å². The van der Waals surface area contributed by atoms with E-state index in [1.807, 2.05) is 31.2 Å². The molecule has 114 valence electrons. The smallest absolute Gasteiger partial charge is 0.339 e. The predicted octanol–water partition coefficient (Wildman–Crippen LogP) is 2.39. The lowest BCUT2D eigenvalue weighted by molar-refractivity contribution is -0.123. The molecule has 0 aliphatic heterocycles. The van der Waals surface area contributed by atoms with Crippen molar-refractivity contribution in [3.63, 3.8) is 0 Å². The van der Waals surface area contributed by atoms with Gasteiger partial charge in [-0.15, -0.1) is 0 Å². The molecule has 0 radical (unpaired) electrons. The first-order chi connectivity index (χ1) is 10.6. The van der Waals surface area contributed by atoms with Gasteiger partial charge in [0.2, 0.25) is 0 Å². The van der Waals surface area contributed by atoms with E-state index < -0.39 is 5.97 Å². The van der Waals surface area contributed by atoms with Crippen LogP contribution in [0.25, 0.3) is 0 Å². The maximum absolute atomic E-state index is 11.8. The summed E-state index contributed by atoms with van der Waals surface area (Å²) in [6.45, 7) is 2.16. The average Bonchev–Trinajstić information content (AvgIpc) is 2.52. The van der Waals surface area contributed by atoms with Gasteiger partial charge in [0.15, 0.2) is 6.61 Å². The van der Waals surface area contributed by atoms with Crippen LogP contribution in [0.1, 0.15) is 21.5 Å². The molecule has 0 heterocycles. The molecule has 0 aliphatic carbocycles. The van der Waals surface area contributed by atoms with Crippen LogP contribution in [0.5, 0.6) is 5.75 Å². The van der Waals surface area contributed by atoms with E-state index >= 15 is 0 Å². The van der Waals surface area contributed by atoms with Crippen molar-refractivity contribution in [2.75, 3.05) is 6.61 Å². The summed E-state index contributed by atoms with van der Waals surface area (Å²) in [7, 11) is 0. The van der Waals surface area contributed by atoms with Crippen LogP contribution < -0.4 is 10.1 Å². The van der Waals surface area contributed by atoms with Crippen molar-refractivity contribution in [3.05, 3.63) is 65.2 Å². The van der Waals surface area contributed by atoms with Crippen LogP contribution in [0.2, 0.25) is 0 Å². The molecule has 0 unspecified atom stereocenters. The lowest BCUT2D eigenvalue weighted by Crippen LogP contribution is -2.28. The average molecular weight is 299 g/mol. The lowest BCUT2D eigenvalue weighted by Gasteiger charge is -2.10. The van der Waals surface area contributed by atoms with Gasteiger partial charge in [0, 0.05) is 6.54 Å². The maximum atomic E-state index is 11.8. The number of nitrogens with one attached hydrogen (secondary N) is 1. The van der Waals surface area contributed by atoms with Crippen molar-refractivity contribution >= 4 is 11.9 Å². The Bertz CT molecular complexity index is 682. The highest BCUT2D eigenvalue weighted by Crippen LogP contribution is 2.17. The Morgan fingerprint density at radius 1 is 1.09 bits per heavy atom. The summed E-state index contributed by atoms with van der Waals surface area (Å²) < 4.78 is 5.29. The maximum Gasteiger partial charge on any atom is 0.339 e. The summed E-state index contributed by atoms with van der Waals surface area (Å²) in [6, 6.07) is 14.0. The molecule has 0 aromatic heterocycles. The molecular weight excluding hydrogens is 282 g/mol. The minimum atomic E-state index is -1.09. The zero-order chi connectivity index (χ0) is 15.9. The van der Waals surface area contributed by atoms with Crippen molar-refractivity contribution in [1.29, 1.82) is 0 Å². The minimum Gasteiger partial charge on any atom is -0.483 e. The van der Waals surface area contributed by atoms with Gasteiger partial charge in [0.05, 0.1) is 0 Å². The predicted molar refractivity (Wildman–Crippen MR) is 81.9 cm³/mol. The molecule has 22 heavy (non-hydrogen) atoms. The topological polar surface area (TPSA) is 75.6 Å². The Morgan fingerprint density at radius 2 is 1.77 bits per heavy atom. The molecule has 2 aromatic rings. The number of aromatic carboxylic acids is 1. The molecule has 5 heteroatoms. The highest BCUT2D eigenvalue weighted by Gasteiger charge is 2.11. The highest BCUT2D eigenvalue weighted by molar-refractivity contribution is 5.91. The molecule has 0 saturated carbocycles. The molecule has 0 aliphatic rings. The third-order valence-electron chi connectivity index (χ3n) is 3.21. The standard InChI is InChI=1S/C17H17NO4/c1-12-6-2-3-7-13(12)10-18-16(19)11-22-15-9-5-4-8-14(15)17(20)21/h2-9H,10-11H2,1H3,(H,18,19)(H,20,21). The summed E-state index contributed by atoms with van der Waals surface area (Å²) >= 11 is 0. The molecule has 1 amide bonds. The van der Waals surface area contributed by atoms with E-state index in [-0.39, 0.29) is 23.8 Å². The van der Waals surface area contributed by atoms with Crippen molar-refractivity contribution in [3.8, 4) is 5.75 Å². The number of rotatable bonds is 6. The van der Waals surface area contributed by atoms with Crippen LogP contribution in [0.4, 0.5) is 0 Å². The van der Waals surface area contributed by atoms with E-state index in [1.165, 1.54) is 12.1 Å². The summed E-state index contributed by atoms with van der Waals surface area (Å²) in [5, 5.41) is 11.8. The molecule has 5 nitrogen and oxygen atoms in total. The number of benzene rings is 2. The molecule has 0 bridgehead atoms. The number of carboxylic acid groups (broad SMARTS) is 1. The normalized spacial score (nSPS) is 10.0. The van der Waals surface area contributed by atoms with Gasteiger partial charge in [-0.25, -0.2) is 4.79 Å². The number of carbonyl (C=O) groups is 2. The van der Waals surface area contributed by atoms with E-state index in [9.17, 15) is 9.59 Å². The number of para-hydroxylation sites is 1. The number of hydrogen-bond donors (Lipinski definition) is 2. The number of carbonyl (C=O) groups excluding carboxylic acids is 1. The first-order valence-corrected chi connectivity index (χ1v) is 6.84. The van der Waals surface area contributed by atoms with Crippen LogP contribution in [-0.4, -0.2) is 23.6 Å². The van der Waals surface area contributed by atoms with E-state index in [2.05, 4.69) is 5.32 Å². The number of carboxylic acids is 1. The second-order valence-corrected chi connectivity index (χ2v) is 4.79. The Kier molecular flexibility index (Phi) is 5.14. The molecule has 2 rings (SSSR count). The SMILES string of the molecule is Cc1ccccc1CNC(=O)COc1ccccc1C(=O)O. The lowest BCUT2D eigenvalue weighted by atomic mass is 10.1. The van der Waals surface area contributed by atoms with E-state index in [1.54, 1.807) is 12.1 Å². The fourth-order valence-electron chi connectivity index (χ4n) is 1.97. The van der Waals surface area contributed by atoms with Crippen molar-refractivity contribution in [2.24, 2.45) is 0 Å². The van der Waals surface area contributed by atoms with Crippen LogP contribution in [0.3, 0.4) is 0 Å². The summed E-state index contributed by atoms with van der Waals surface area (Å²) in [6.07, 6.45) is 0. The summed E-state index contributed by atoms with van der Waals surface area (Å²) in [5.74, 6) is -1.21. The molecule has 2 aromatic carbocycles. The van der Waals surface area contributed by atoms with Gasteiger partial charge in [0.1, 0.15) is 11.3 Å². The third-order valence-corrected chi connectivity index (χ3v) is 3.21. The largest absolute Gasteiger partial charge is 0.483 e. The van der Waals surface area contributed by atoms with Crippen LogP contribution in [0.15, 0.2) is 48.5 Å². The first kappa shape index (κ1) is 15.6. The number of amides is 1. The second-order valence-electron chi connectivity index (χ2n) is 4.79. The monoisotopic (exact) mass is 299 g/mol. The summed E-state index contributed by atoms with van der Waals surface area (Å²) in [5.41, 5.74) is 2.16.